The van der Waals surface area contributed by atoms with Crippen LogP contribution in [0.3, 0.4) is 0 Å². The second kappa shape index (κ2) is 6.59. The van der Waals surface area contributed by atoms with Crippen molar-refractivity contribution in [3.63, 3.8) is 0 Å². The molecule has 0 fully saturated rings. The van der Waals surface area contributed by atoms with E-state index in [1.807, 2.05) is 31.2 Å². The lowest BCUT2D eigenvalue weighted by Crippen LogP contribution is -2.37. The van der Waals surface area contributed by atoms with Gasteiger partial charge >= 0.3 is 0 Å². The lowest BCUT2D eigenvalue weighted by molar-refractivity contribution is 0.0938. The van der Waals surface area contributed by atoms with Crippen molar-refractivity contribution in [2.75, 3.05) is 0 Å². The first-order valence-corrected chi connectivity index (χ1v) is 7.09. The second-order valence-electron chi connectivity index (χ2n) is 5.05. The van der Waals surface area contributed by atoms with Crippen LogP contribution in [0.4, 0.5) is 0 Å². The molecule has 1 atom stereocenters. The SMILES string of the molecule is Cc1ccc(C(=O)NC(C)Cc2ccccc2Cl)c(=O)[nH]1. The Morgan fingerprint density at radius 2 is 2.00 bits per heavy atom. The Balaban J connectivity index is 2.06. The molecule has 5 heteroatoms. The first kappa shape index (κ1) is 15.3. The molecule has 0 spiro atoms. The summed E-state index contributed by atoms with van der Waals surface area (Å²) in [6.45, 7) is 3.65. The minimum Gasteiger partial charge on any atom is -0.349 e. The number of pyridine rings is 1. The van der Waals surface area contributed by atoms with Gasteiger partial charge in [-0.15, -0.1) is 0 Å². The van der Waals surface area contributed by atoms with Crippen molar-refractivity contribution in [3.8, 4) is 0 Å². The molecular weight excluding hydrogens is 288 g/mol. The highest BCUT2D eigenvalue weighted by Crippen LogP contribution is 2.16. The Hall–Kier alpha value is -2.07. The zero-order valence-corrected chi connectivity index (χ0v) is 12.7. The summed E-state index contributed by atoms with van der Waals surface area (Å²) in [4.78, 5) is 26.5. The molecule has 2 aromatic rings. The summed E-state index contributed by atoms with van der Waals surface area (Å²) in [5.74, 6) is -0.379. The van der Waals surface area contributed by atoms with Gasteiger partial charge in [0, 0.05) is 16.8 Å². The van der Waals surface area contributed by atoms with E-state index in [1.165, 1.54) is 6.07 Å². The van der Waals surface area contributed by atoms with Gasteiger partial charge in [0.1, 0.15) is 5.56 Å². The van der Waals surface area contributed by atoms with E-state index in [0.717, 1.165) is 11.3 Å². The molecule has 21 heavy (non-hydrogen) atoms. The maximum Gasteiger partial charge on any atom is 0.260 e. The van der Waals surface area contributed by atoms with Gasteiger partial charge < -0.3 is 10.3 Å². The number of aromatic nitrogens is 1. The van der Waals surface area contributed by atoms with E-state index >= 15 is 0 Å². The fraction of sp³-hybridized carbons (Fsp3) is 0.250. The number of rotatable bonds is 4. The number of aromatic amines is 1. The molecule has 0 saturated carbocycles. The maximum absolute atomic E-state index is 12.1. The zero-order chi connectivity index (χ0) is 15.4. The van der Waals surface area contributed by atoms with Crippen LogP contribution < -0.4 is 10.9 Å². The Morgan fingerprint density at radius 3 is 2.67 bits per heavy atom. The predicted molar refractivity (Wildman–Crippen MR) is 83.9 cm³/mol. The molecule has 2 N–H and O–H groups in total. The number of aryl methyl sites for hydroxylation is 1. The van der Waals surface area contributed by atoms with E-state index in [4.69, 9.17) is 11.6 Å². The third-order valence-electron chi connectivity index (χ3n) is 3.16. The summed E-state index contributed by atoms with van der Waals surface area (Å²) in [6, 6.07) is 10.6. The van der Waals surface area contributed by atoms with Crippen LogP contribution in [-0.4, -0.2) is 16.9 Å². The van der Waals surface area contributed by atoms with E-state index in [-0.39, 0.29) is 23.1 Å². The molecule has 1 unspecified atom stereocenters. The molecule has 1 amide bonds. The number of halogens is 1. The fourth-order valence-electron chi connectivity index (χ4n) is 2.10. The largest absolute Gasteiger partial charge is 0.349 e. The first-order chi connectivity index (χ1) is 9.97. The van der Waals surface area contributed by atoms with Crippen LogP contribution in [0.15, 0.2) is 41.2 Å². The number of carbonyl (C=O) groups is 1. The van der Waals surface area contributed by atoms with Crippen molar-refractivity contribution in [1.82, 2.24) is 10.3 Å². The molecule has 1 aromatic heterocycles. The predicted octanol–water partition coefficient (Wildman–Crippen LogP) is 2.70. The van der Waals surface area contributed by atoms with E-state index in [0.29, 0.717) is 11.4 Å². The third-order valence-corrected chi connectivity index (χ3v) is 3.53. The molecule has 110 valence electrons. The summed E-state index contributed by atoms with van der Waals surface area (Å²) >= 11 is 6.10. The topological polar surface area (TPSA) is 62.0 Å². The lowest BCUT2D eigenvalue weighted by atomic mass is 10.1. The van der Waals surface area contributed by atoms with Crippen LogP contribution in [0, 0.1) is 6.92 Å². The summed E-state index contributed by atoms with van der Waals surface area (Å²) in [7, 11) is 0. The highest BCUT2D eigenvalue weighted by molar-refractivity contribution is 6.31. The minimum absolute atomic E-state index is 0.117. The average Bonchev–Trinajstić information content (AvgIpc) is 2.41. The van der Waals surface area contributed by atoms with Crippen molar-refractivity contribution < 1.29 is 4.79 Å². The van der Waals surface area contributed by atoms with E-state index in [1.54, 1.807) is 13.0 Å². The summed E-state index contributed by atoms with van der Waals surface area (Å²) < 4.78 is 0. The average molecular weight is 305 g/mol. The van der Waals surface area contributed by atoms with Crippen LogP contribution in [0.2, 0.25) is 5.02 Å². The molecule has 1 aromatic carbocycles. The number of benzene rings is 1. The van der Waals surface area contributed by atoms with E-state index < -0.39 is 0 Å². The van der Waals surface area contributed by atoms with Gasteiger partial charge in [0.25, 0.3) is 11.5 Å². The van der Waals surface area contributed by atoms with Gasteiger partial charge in [0.15, 0.2) is 0 Å². The van der Waals surface area contributed by atoms with Gasteiger partial charge in [-0.05, 0) is 44.0 Å². The quantitative estimate of drug-likeness (QED) is 0.912. The fourth-order valence-corrected chi connectivity index (χ4v) is 2.31. The van der Waals surface area contributed by atoms with Crippen molar-refractivity contribution in [3.05, 3.63) is 68.6 Å². The van der Waals surface area contributed by atoms with Crippen molar-refractivity contribution in [1.29, 1.82) is 0 Å². The summed E-state index contributed by atoms with van der Waals surface area (Å²) in [6.07, 6.45) is 0.606. The molecule has 2 rings (SSSR count). The van der Waals surface area contributed by atoms with Gasteiger partial charge in [-0.3, -0.25) is 9.59 Å². The van der Waals surface area contributed by atoms with Crippen LogP contribution in [-0.2, 0) is 6.42 Å². The number of carbonyl (C=O) groups excluding carboxylic acids is 1. The molecule has 0 aliphatic heterocycles. The molecule has 4 nitrogen and oxygen atoms in total. The number of hydrogen-bond donors (Lipinski definition) is 2. The highest BCUT2D eigenvalue weighted by atomic mass is 35.5. The van der Waals surface area contributed by atoms with Gasteiger partial charge in [-0.1, -0.05) is 29.8 Å². The van der Waals surface area contributed by atoms with Gasteiger partial charge in [0.2, 0.25) is 0 Å². The Morgan fingerprint density at radius 1 is 1.29 bits per heavy atom. The molecule has 0 saturated heterocycles. The smallest absolute Gasteiger partial charge is 0.260 e. The zero-order valence-electron chi connectivity index (χ0n) is 11.9. The van der Waals surface area contributed by atoms with E-state index in [2.05, 4.69) is 10.3 Å². The van der Waals surface area contributed by atoms with Gasteiger partial charge in [-0.2, -0.15) is 0 Å². The maximum atomic E-state index is 12.1. The third kappa shape index (κ3) is 3.95. The normalized spacial score (nSPS) is 12.0. The second-order valence-corrected chi connectivity index (χ2v) is 5.46. The van der Waals surface area contributed by atoms with Crippen LogP contribution >= 0.6 is 11.6 Å². The molecule has 0 radical (unpaired) electrons. The number of H-pyrrole nitrogens is 1. The Kier molecular flexibility index (Phi) is 4.81. The van der Waals surface area contributed by atoms with Crippen molar-refractivity contribution in [2.24, 2.45) is 0 Å². The van der Waals surface area contributed by atoms with Crippen molar-refractivity contribution >= 4 is 17.5 Å². The minimum atomic E-state index is -0.379. The summed E-state index contributed by atoms with van der Waals surface area (Å²) in [5, 5.41) is 3.49. The van der Waals surface area contributed by atoms with Gasteiger partial charge in [-0.25, -0.2) is 0 Å². The number of amides is 1. The summed E-state index contributed by atoms with van der Waals surface area (Å²) in [5.41, 5.74) is 1.43. The standard InChI is InChI=1S/C16H17ClN2O2/c1-10-7-8-13(15(20)18-10)16(21)19-11(2)9-12-5-3-4-6-14(12)17/h3-8,11H,9H2,1-2H3,(H,18,20)(H,19,21). The first-order valence-electron chi connectivity index (χ1n) is 6.71. The monoisotopic (exact) mass is 304 g/mol. The van der Waals surface area contributed by atoms with Crippen LogP contribution in [0.5, 0.6) is 0 Å². The Bertz CT molecular complexity index is 709. The van der Waals surface area contributed by atoms with Crippen LogP contribution in [0.1, 0.15) is 28.5 Å². The Labute approximate surface area is 128 Å². The molecular formula is C16H17ClN2O2. The molecule has 0 aliphatic carbocycles. The van der Waals surface area contributed by atoms with Gasteiger partial charge in [0.05, 0.1) is 0 Å². The van der Waals surface area contributed by atoms with Crippen molar-refractivity contribution in [2.45, 2.75) is 26.3 Å². The number of nitrogens with one attached hydrogen (secondary N) is 2. The van der Waals surface area contributed by atoms with E-state index in [9.17, 15) is 9.59 Å². The molecule has 0 bridgehead atoms. The van der Waals surface area contributed by atoms with Crippen LogP contribution in [0.25, 0.3) is 0 Å². The number of hydrogen-bond acceptors (Lipinski definition) is 2. The molecule has 0 aliphatic rings. The highest BCUT2D eigenvalue weighted by Gasteiger charge is 2.14. The lowest BCUT2D eigenvalue weighted by Gasteiger charge is -2.14. The molecule has 1 heterocycles.